The van der Waals surface area contributed by atoms with Gasteiger partial charge in [0.25, 0.3) is 0 Å². The van der Waals surface area contributed by atoms with Crippen LogP contribution < -0.4 is 14.8 Å². The molecule has 1 atom stereocenters. The summed E-state index contributed by atoms with van der Waals surface area (Å²) < 4.78 is 24.7. The summed E-state index contributed by atoms with van der Waals surface area (Å²) in [7, 11) is 0. The van der Waals surface area contributed by atoms with Crippen LogP contribution in [0.25, 0.3) is 0 Å². The van der Waals surface area contributed by atoms with E-state index in [4.69, 9.17) is 21.1 Å². The van der Waals surface area contributed by atoms with Gasteiger partial charge in [0.15, 0.2) is 11.5 Å². The van der Waals surface area contributed by atoms with Crippen LogP contribution in [0.3, 0.4) is 0 Å². The fourth-order valence-electron chi connectivity index (χ4n) is 2.99. The number of hydrogen-bond acceptors (Lipinski definition) is 3. The second kappa shape index (κ2) is 10.3. The van der Waals surface area contributed by atoms with Crippen molar-refractivity contribution in [2.24, 2.45) is 0 Å². The van der Waals surface area contributed by atoms with Gasteiger partial charge in [-0.15, -0.1) is 0 Å². The lowest BCUT2D eigenvalue weighted by atomic mass is 10.1. The summed E-state index contributed by atoms with van der Waals surface area (Å²) in [6.07, 6.45) is 0. The monoisotopic (exact) mass is 413 g/mol. The molecule has 0 aliphatic carbocycles. The second-order valence-electron chi connectivity index (χ2n) is 6.77. The zero-order chi connectivity index (χ0) is 20.6. The average molecular weight is 414 g/mol. The zero-order valence-corrected chi connectivity index (χ0v) is 17.4. The second-order valence-corrected chi connectivity index (χ2v) is 7.17. The first kappa shape index (κ1) is 21.2. The van der Waals surface area contributed by atoms with Crippen molar-refractivity contribution in [3.63, 3.8) is 0 Å². The first-order valence-corrected chi connectivity index (χ1v) is 10.1. The maximum atomic E-state index is 13.1. The summed E-state index contributed by atoms with van der Waals surface area (Å²) in [5.74, 6) is 0.826. The van der Waals surface area contributed by atoms with Gasteiger partial charge in [0.2, 0.25) is 0 Å². The molecule has 1 N–H and O–H groups in total. The Morgan fingerprint density at radius 1 is 0.966 bits per heavy atom. The highest BCUT2D eigenvalue weighted by molar-refractivity contribution is 6.32. The fourth-order valence-corrected chi connectivity index (χ4v) is 3.28. The molecular formula is C24H25ClFNO2. The molecule has 0 aliphatic heterocycles. The van der Waals surface area contributed by atoms with Gasteiger partial charge in [-0.25, -0.2) is 4.39 Å². The van der Waals surface area contributed by atoms with Crippen molar-refractivity contribution < 1.29 is 13.9 Å². The number of benzene rings is 3. The Balaban J connectivity index is 1.70. The van der Waals surface area contributed by atoms with Gasteiger partial charge < -0.3 is 14.8 Å². The molecule has 0 fully saturated rings. The van der Waals surface area contributed by atoms with E-state index in [0.29, 0.717) is 29.7 Å². The van der Waals surface area contributed by atoms with E-state index in [0.717, 1.165) is 11.1 Å². The number of rotatable bonds is 9. The quantitative estimate of drug-likeness (QED) is 0.446. The number of halogens is 2. The first-order valence-electron chi connectivity index (χ1n) is 9.67. The lowest BCUT2D eigenvalue weighted by molar-refractivity contribution is 0.269. The normalized spacial score (nSPS) is 11.9. The highest BCUT2D eigenvalue weighted by Gasteiger charge is 2.14. The van der Waals surface area contributed by atoms with Crippen LogP contribution in [-0.4, -0.2) is 6.61 Å². The van der Waals surface area contributed by atoms with E-state index < -0.39 is 0 Å². The van der Waals surface area contributed by atoms with Crippen molar-refractivity contribution in [1.29, 1.82) is 0 Å². The van der Waals surface area contributed by atoms with Crippen molar-refractivity contribution in [2.75, 3.05) is 6.61 Å². The first-order chi connectivity index (χ1) is 14.1. The summed E-state index contributed by atoms with van der Waals surface area (Å²) in [5.41, 5.74) is 3.09. The molecule has 29 heavy (non-hydrogen) atoms. The van der Waals surface area contributed by atoms with Gasteiger partial charge >= 0.3 is 0 Å². The molecule has 0 heterocycles. The molecule has 0 spiro atoms. The molecule has 0 saturated heterocycles. The van der Waals surface area contributed by atoms with Crippen LogP contribution in [0, 0.1) is 5.82 Å². The predicted molar refractivity (Wildman–Crippen MR) is 115 cm³/mol. The third-order valence-electron chi connectivity index (χ3n) is 4.58. The molecule has 0 aliphatic rings. The molecule has 3 nitrogen and oxygen atoms in total. The van der Waals surface area contributed by atoms with Crippen LogP contribution in [0.2, 0.25) is 5.02 Å². The number of hydrogen-bond donors (Lipinski definition) is 1. The molecule has 3 rings (SSSR count). The maximum Gasteiger partial charge on any atom is 0.180 e. The van der Waals surface area contributed by atoms with Gasteiger partial charge in [0.05, 0.1) is 11.6 Å². The SMILES string of the molecule is CCOc1cc(CN[C@H](C)c2ccccc2)cc(Cl)c1OCc1ccc(F)cc1. The minimum atomic E-state index is -0.275. The molecule has 0 saturated carbocycles. The molecule has 152 valence electrons. The van der Waals surface area contributed by atoms with E-state index in [-0.39, 0.29) is 18.5 Å². The molecule has 0 aromatic heterocycles. The van der Waals surface area contributed by atoms with Crippen molar-refractivity contribution in [3.8, 4) is 11.5 Å². The predicted octanol–water partition coefficient (Wildman–Crippen LogP) is 6.31. The summed E-state index contributed by atoms with van der Waals surface area (Å²) >= 11 is 6.50. The Morgan fingerprint density at radius 3 is 2.38 bits per heavy atom. The van der Waals surface area contributed by atoms with Gasteiger partial charge in [0, 0.05) is 12.6 Å². The summed E-state index contributed by atoms with van der Waals surface area (Å²) in [5, 5.41) is 3.99. The summed E-state index contributed by atoms with van der Waals surface area (Å²) in [4.78, 5) is 0. The topological polar surface area (TPSA) is 30.5 Å². The van der Waals surface area contributed by atoms with E-state index >= 15 is 0 Å². The van der Waals surface area contributed by atoms with Crippen LogP contribution in [0.5, 0.6) is 11.5 Å². The van der Waals surface area contributed by atoms with Crippen LogP contribution in [0.1, 0.15) is 36.6 Å². The van der Waals surface area contributed by atoms with E-state index in [2.05, 4.69) is 24.4 Å². The zero-order valence-electron chi connectivity index (χ0n) is 16.6. The molecule has 3 aromatic rings. The van der Waals surface area contributed by atoms with Crippen LogP contribution >= 0.6 is 11.6 Å². The van der Waals surface area contributed by atoms with Gasteiger partial charge in [-0.3, -0.25) is 0 Å². The summed E-state index contributed by atoms with van der Waals surface area (Å²) in [6, 6.07) is 20.5. The standard InChI is InChI=1S/C24H25ClFNO2/c1-3-28-23-14-19(15-27-17(2)20-7-5-4-6-8-20)13-22(25)24(23)29-16-18-9-11-21(26)12-10-18/h4-14,17,27H,3,15-16H2,1-2H3/t17-/m1/s1. The Labute approximate surface area is 176 Å². The van der Waals surface area contributed by atoms with Crippen molar-refractivity contribution in [1.82, 2.24) is 5.32 Å². The Hall–Kier alpha value is -2.56. The highest BCUT2D eigenvalue weighted by atomic mass is 35.5. The Kier molecular flexibility index (Phi) is 7.50. The van der Waals surface area contributed by atoms with Gasteiger partial charge in [-0.2, -0.15) is 0 Å². The van der Waals surface area contributed by atoms with E-state index in [9.17, 15) is 4.39 Å². The van der Waals surface area contributed by atoms with Crippen LogP contribution in [-0.2, 0) is 13.2 Å². The fraction of sp³-hybridized carbons (Fsp3) is 0.250. The van der Waals surface area contributed by atoms with Gasteiger partial charge in [-0.05, 0) is 54.8 Å². The minimum Gasteiger partial charge on any atom is -0.490 e. The lowest BCUT2D eigenvalue weighted by Gasteiger charge is -2.17. The molecule has 0 unspecified atom stereocenters. The third-order valence-corrected chi connectivity index (χ3v) is 4.86. The molecule has 3 aromatic carbocycles. The molecule has 0 radical (unpaired) electrons. The van der Waals surface area contributed by atoms with Crippen LogP contribution in [0.15, 0.2) is 66.7 Å². The highest BCUT2D eigenvalue weighted by Crippen LogP contribution is 2.37. The molecule has 0 amide bonds. The third kappa shape index (κ3) is 5.96. The van der Waals surface area contributed by atoms with Gasteiger partial charge in [0.1, 0.15) is 12.4 Å². The van der Waals surface area contributed by atoms with E-state index in [1.54, 1.807) is 12.1 Å². The minimum absolute atomic E-state index is 0.208. The number of ether oxygens (including phenoxy) is 2. The summed E-state index contributed by atoms with van der Waals surface area (Å²) in [6.45, 7) is 5.47. The lowest BCUT2D eigenvalue weighted by Crippen LogP contribution is -2.18. The van der Waals surface area contributed by atoms with Crippen molar-refractivity contribution >= 4 is 11.6 Å². The van der Waals surface area contributed by atoms with E-state index in [1.165, 1.54) is 17.7 Å². The smallest absolute Gasteiger partial charge is 0.180 e. The van der Waals surface area contributed by atoms with Crippen LogP contribution in [0.4, 0.5) is 4.39 Å². The maximum absolute atomic E-state index is 13.1. The largest absolute Gasteiger partial charge is 0.490 e. The number of nitrogens with one attached hydrogen (secondary N) is 1. The van der Waals surface area contributed by atoms with Crippen molar-refractivity contribution in [2.45, 2.75) is 33.0 Å². The average Bonchev–Trinajstić information content (AvgIpc) is 2.73. The van der Waals surface area contributed by atoms with Crippen molar-refractivity contribution in [3.05, 3.63) is 94.3 Å². The van der Waals surface area contributed by atoms with E-state index in [1.807, 2.05) is 37.3 Å². The Morgan fingerprint density at radius 2 is 1.69 bits per heavy atom. The Bertz CT molecular complexity index is 916. The van der Waals surface area contributed by atoms with Gasteiger partial charge in [-0.1, -0.05) is 54.1 Å². The molecule has 0 bridgehead atoms. The molecular weight excluding hydrogens is 389 g/mol. The molecule has 5 heteroatoms.